The van der Waals surface area contributed by atoms with E-state index in [1.165, 1.54) is 0 Å². The number of hydrogen-bond donors (Lipinski definition) is 2. The molecule has 6 heteroatoms. The number of rotatable bonds is 3. The molecule has 2 rings (SSSR count). The minimum atomic E-state index is 0.641. The molecule has 0 saturated heterocycles. The Morgan fingerprint density at radius 1 is 1.53 bits per heavy atom. The van der Waals surface area contributed by atoms with Gasteiger partial charge in [-0.25, -0.2) is 0 Å². The highest BCUT2D eigenvalue weighted by Crippen LogP contribution is 2.16. The maximum Gasteiger partial charge on any atom is 0.200 e. The van der Waals surface area contributed by atoms with Gasteiger partial charge >= 0.3 is 0 Å². The summed E-state index contributed by atoms with van der Waals surface area (Å²) in [6, 6.07) is 7.51. The summed E-state index contributed by atoms with van der Waals surface area (Å²) in [4.78, 5) is 6.39. The fourth-order valence-corrected chi connectivity index (χ4v) is 2.28. The van der Waals surface area contributed by atoms with Gasteiger partial charge in [-0.3, -0.25) is 9.89 Å². The van der Waals surface area contributed by atoms with E-state index in [1.807, 2.05) is 29.2 Å². The van der Waals surface area contributed by atoms with Crippen LogP contribution in [0.1, 0.15) is 13.3 Å². The van der Waals surface area contributed by atoms with Crippen molar-refractivity contribution in [1.29, 1.82) is 0 Å². The number of benzene rings is 1. The number of aliphatic imine (C=N–C) groups is 1. The first-order chi connectivity index (χ1) is 9.20. The summed E-state index contributed by atoms with van der Waals surface area (Å²) >= 11 is 11.4. The molecule has 0 spiro atoms. The van der Waals surface area contributed by atoms with Crippen LogP contribution >= 0.6 is 23.8 Å². The molecule has 1 aliphatic rings. The van der Waals surface area contributed by atoms with Gasteiger partial charge in [0.05, 0.1) is 6.54 Å². The Hall–Kier alpha value is -1.33. The fraction of sp³-hybridized carbons (Fsp3) is 0.385. The Balaban J connectivity index is 1.98. The van der Waals surface area contributed by atoms with Gasteiger partial charge in [-0.1, -0.05) is 24.6 Å². The fourth-order valence-electron chi connectivity index (χ4n) is 1.79. The molecule has 0 amide bonds. The van der Waals surface area contributed by atoms with Crippen molar-refractivity contribution in [2.75, 3.05) is 25.0 Å². The van der Waals surface area contributed by atoms with Crippen LogP contribution in [-0.2, 0) is 0 Å². The van der Waals surface area contributed by atoms with Crippen LogP contribution in [0.2, 0.25) is 5.02 Å². The summed E-state index contributed by atoms with van der Waals surface area (Å²) < 4.78 is 0. The number of anilines is 1. The minimum absolute atomic E-state index is 0.641. The molecule has 0 bridgehead atoms. The van der Waals surface area contributed by atoms with Crippen LogP contribution in [0.15, 0.2) is 29.3 Å². The molecule has 0 aliphatic carbocycles. The number of thiocarbonyl (C=S) groups is 1. The van der Waals surface area contributed by atoms with Crippen molar-refractivity contribution in [1.82, 2.24) is 10.2 Å². The first-order valence-corrected chi connectivity index (χ1v) is 7.11. The van der Waals surface area contributed by atoms with Crippen molar-refractivity contribution in [2.45, 2.75) is 13.3 Å². The van der Waals surface area contributed by atoms with Crippen LogP contribution in [0.25, 0.3) is 0 Å². The van der Waals surface area contributed by atoms with Crippen LogP contribution in [0, 0.1) is 0 Å². The molecule has 0 atom stereocenters. The molecule has 4 nitrogen and oxygen atoms in total. The van der Waals surface area contributed by atoms with Gasteiger partial charge in [0.25, 0.3) is 0 Å². The molecule has 0 aromatic heterocycles. The smallest absolute Gasteiger partial charge is 0.200 e. The highest BCUT2D eigenvalue weighted by atomic mass is 35.5. The van der Waals surface area contributed by atoms with Gasteiger partial charge in [0.1, 0.15) is 0 Å². The van der Waals surface area contributed by atoms with Crippen molar-refractivity contribution >= 4 is 40.6 Å². The molecule has 0 unspecified atom stereocenters. The third-order valence-electron chi connectivity index (χ3n) is 2.70. The van der Waals surface area contributed by atoms with E-state index in [0.717, 1.165) is 37.7 Å². The molecule has 0 fully saturated rings. The Kier molecular flexibility index (Phi) is 4.99. The minimum Gasteiger partial charge on any atom is -0.356 e. The second-order valence-electron chi connectivity index (χ2n) is 4.22. The second kappa shape index (κ2) is 6.73. The van der Waals surface area contributed by atoms with Gasteiger partial charge in [0, 0.05) is 23.8 Å². The van der Waals surface area contributed by atoms with Crippen LogP contribution in [-0.4, -0.2) is 35.6 Å². The zero-order chi connectivity index (χ0) is 13.7. The topological polar surface area (TPSA) is 39.7 Å². The molecule has 1 aliphatic heterocycles. The first kappa shape index (κ1) is 14.1. The van der Waals surface area contributed by atoms with Crippen molar-refractivity contribution in [3.63, 3.8) is 0 Å². The maximum absolute atomic E-state index is 5.95. The van der Waals surface area contributed by atoms with E-state index in [0.29, 0.717) is 10.1 Å². The standard InChI is InChI=1S/C13H17ClN4S/c1-2-6-15-12-16-7-8-18(12)13(19)17-11-5-3-4-10(14)9-11/h3-5,9H,2,6-8H2,1H3,(H,15,16)(H,17,19). The van der Waals surface area contributed by atoms with Crippen LogP contribution < -0.4 is 10.6 Å². The summed E-state index contributed by atoms with van der Waals surface area (Å²) in [7, 11) is 0. The number of guanidine groups is 1. The van der Waals surface area contributed by atoms with Crippen molar-refractivity contribution < 1.29 is 0 Å². The van der Waals surface area contributed by atoms with Crippen molar-refractivity contribution in [2.24, 2.45) is 4.99 Å². The van der Waals surface area contributed by atoms with Gasteiger partial charge in [-0.05, 0) is 36.8 Å². The molecule has 2 N–H and O–H groups in total. The number of nitrogens with one attached hydrogen (secondary N) is 2. The molecule has 0 radical (unpaired) electrons. The average molecular weight is 297 g/mol. The lowest BCUT2D eigenvalue weighted by Gasteiger charge is -2.22. The SMILES string of the molecule is CCCNC1=NCCN1C(=S)Nc1cccc(Cl)c1. The Morgan fingerprint density at radius 3 is 3.11 bits per heavy atom. The molecular formula is C13H17ClN4S. The van der Waals surface area contributed by atoms with Crippen LogP contribution in [0.5, 0.6) is 0 Å². The second-order valence-corrected chi connectivity index (χ2v) is 5.05. The third kappa shape index (κ3) is 3.81. The summed E-state index contributed by atoms with van der Waals surface area (Å²) in [6.07, 6.45) is 1.06. The predicted octanol–water partition coefficient (Wildman–Crippen LogP) is 2.71. The number of hydrogen-bond acceptors (Lipinski definition) is 3. The Bertz CT molecular complexity index is 489. The molecule has 102 valence electrons. The molecule has 1 aromatic carbocycles. The maximum atomic E-state index is 5.95. The normalized spacial score (nSPS) is 14.2. The highest BCUT2D eigenvalue weighted by molar-refractivity contribution is 7.80. The quantitative estimate of drug-likeness (QED) is 0.842. The zero-order valence-electron chi connectivity index (χ0n) is 10.8. The average Bonchev–Trinajstić information content (AvgIpc) is 2.84. The Morgan fingerprint density at radius 2 is 2.37 bits per heavy atom. The van der Waals surface area contributed by atoms with Crippen molar-refractivity contribution in [3.8, 4) is 0 Å². The van der Waals surface area contributed by atoms with Gasteiger partial charge in [-0.2, -0.15) is 0 Å². The van der Waals surface area contributed by atoms with E-state index in [-0.39, 0.29) is 0 Å². The lowest BCUT2D eigenvalue weighted by molar-refractivity contribution is 0.641. The summed E-state index contributed by atoms with van der Waals surface area (Å²) in [5.74, 6) is 0.848. The third-order valence-corrected chi connectivity index (χ3v) is 3.25. The number of halogens is 1. The van der Waals surface area contributed by atoms with Crippen LogP contribution in [0.4, 0.5) is 5.69 Å². The van der Waals surface area contributed by atoms with Gasteiger partial charge in [0.2, 0.25) is 0 Å². The van der Waals surface area contributed by atoms with E-state index < -0.39 is 0 Å². The summed E-state index contributed by atoms with van der Waals surface area (Å²) in [5, 5.41) is 7.79. The molecule has 1 heterocycles. The van der Waals surface area contributed by atoms with Gasteiger partial charge < -0.3 is 10.6 Å². The van der Waals surface area contributed by atoms with E-state index in [9.17, 15) is 0 Å². The van der Waals surface area contributed by atoms with Crippen LogP contribution in [0.3, 0.4) is 0 Å². The molecule has 1 aromatic rings. The monoisotopic (exact) mass is 296 g/mol. The molecule has 19 heavy (non-hydrogen) atoms. The lowest BCUT2D eigenvalue weighted by Crippen LogP contribution is -2.44. The summed E-state index contributed by atoms with van der Waals surface area (Å²) in [6.45, 7) is 4.59. The summed E-state index contributed by atoms with van der Waals surface area (Å²) in [5.41, 5.74) is 0.888. The van der Waals surface area contributed by atoms with E-state index in [1.54, 1.807) is 0 Å². The number of nitrogens with zero attached hydrogens (tertiary/aromatic N) is 2. The van der Waals surface area contributed by atoms with E-state index >= 15 is 0 Å². The lowest BCUT2D eigenvalue weighted by atomic mass is 10.3. The van der Waals surface area contributed by atoms with E-state index in [2.05, 4.69) is 22.5 Å². The van der Waals surface area contributed by atoms with Gasteiger partial charge in [-0.15, -0.1) is 0 Å². The highest BCUT2D eigenvalue weighted by Gasteiger charge is 2.20. The van der Waals surface area contributed by atoms with Gasteiger partial charge in [0.15, 0.2) is 11.1 Å². The Labute approximate surface area is 123 Å². The van der Waals surface area contributed by atoms with E-state index in [4.69, 9.17) is 23.8 Å². The largest absolute Gasteiger partial charge is 0.356 e. The first-order valence-electron chi connectivity index (χ1n) is 6.33. The predicted molar refractivity (Wildman–Crippen MR) is 85.0 cm³/mol. The molecule has 0 saturated carbocycles. The molecular weight excluding hydrogens is 280 g/mol. The zero-order valence-corrected chi connectivity index (χ0v) is 12.4. The van der Waals surface area contributed by atoms with Crippen molar-refractivity contribution in [3.05, 3.63) is 29.3 Å².